The first-order chi connectivity index (χ1) is 7.37. The average molecular weight is 217 g/mol. The predicted molar refractivity (Wildman–Crippen MR) is 67.8 cm³/mol. The topological polar surface area (TPSA) is 8.81 Å². The summed E-state index contributed by atoms with van der Waals surface area (Å²) in [6, 6.07) is 0. The zero-order chi connectivity index (χ0) is 12.2. The summed E-state index contributed by atoms with van der Waals surface area (Å²) in [6.45, 7) is 11.1. The second-order valence-corrected chi connectivity index (χ2v) is 4.86. The first-order valence-corrected chi connectivity index (χ1v) is 5.79. The van der Waals surface area contributed by atoms with Crippen molar-refractivity contribution in [1.82, 2.24) is 4.68 Å². The number of nitrogens with zero attached hydrogens (tertiary/aromatic N) is 2. The van der Waals surface area contributed by atoms with E-state index in [4.69, 9.17) is 0 Å². The Morgan fingerprint density at radius 1 is 0.812 bits per heavy atom. The van der Waals surface area contributed by atoms with Crippen molar-refractivity contribution in [3.05, 3.63) is 27.9 Å². The fraction of sp³-hybridized carbons (Fsp3) is 0.500. The minimum absolute atomic E-state index is 1.35. The first kappa shape index (κ1) is 11.2. The SMILES string of the molecule is Cc1c(C)c(C)c2c(c1C)c(C)n(C)[n+]2C. The molecule has 2 aromatic rings. The lowest BCUT2D eigenvalue weighted by molar-refractivity contribution is -0.728. The summed E-state index contributed by atoms with van der Waals surface area (Å²) in [5.74, 6) is 0. The van der Waals surface area contributed by atoms with Crippen LogP contribution in [0, 0.1) is 34.6 Å². The number of rotatable bonds is 0. The summed E-state index contributed by atoms with van der Waals surface area (Å²) in [5, 5.41) is 1.42. The highest BCUT2D eigenvalue weighted by molar-refractivity contribution is 5.87. The van der Waals surface area contributed by atoms with Crippen LogP contribution in [0.1, 0.15) is 27.9 Å². The Kier molecular flexibility index (Phi) is 2.33. The molecule has 0 aliphatic rings. The second kappa shape index (κ2) is 3.34. The molecule has 1 heterocycles. The monoisotopic (exact) mass is 217 g/mol. The molecule has 16 heavy (non-hydrogen) atoms. The van der Waals surface area contributed by atoms with Crippen LogP contribution >= 0.6 is 0 Å². The Balaban J connectivity index is 3.15. The van der Waals surface area contributed by atoms with E-state index in [-0.39, 0.29) is 0 Å². The van der Waals surface area contributed by atoms with Crippen LogP contribution in [0.4, 0.5) is 0 Å². The van der Waals surface area contributed by atoms with Gasteiger partial charge in [-0.05, 0) is 51.3 Å². The van der Waals surface area contributed by atoms with E-state index in [1.165, 1.54) is 38.9 Å². The van der Waals surface area contributed by atoms with Gasteiger partial charge in [0.2, 0.25) is 5.52 Å². The van der Waals surface area contributed by atoms with Crippen molar-refractivity contribution in [2.24, 2.45) is 14.1 Å². The van der Waals surface area contributed by atoms with Crippen LogP contribution < -0.4 is 4.68 Å². The van der Waals surface area contributed by atoms with Gasteiger partial charge in [0.25, 0.3) is 0 Å². The Hall–Kier alpha value is -1.31. The molecule has 0 bridgehead atoms. The molecule has 0 saturated carbocycles. The summed E-state index contributed by atoms with van der Waals surface area (Å²) < 4.78 is 4.48. The van der Waals surface area contributed by atoms with Gasteiger partial charge < -0.3 is 0 Å². The fourth-order valence-corrected chi connectivity index (χ4v) is 2.68. The molecule has 0 atom stereocenters. The van der Waals surface area contributed by atoms with Gasteiger partial charge in [0.1, 0.15) is 0 Å². The van der Waals surface area contributed by atoms with Crippen molar-refractivity contribution in [3.63, 3.8) is 0 Å². The van der Waals surface area contributed by atoms with Gasteiger partial charge in [-0.3, -0.25) is 0 Å². The molecule has 0 fully saturated rings. The molecule has 2 nitrogen and oxygen atoms in total. The standard InChI is InChI=1S/C14H21N2/c1-8-9(2)11(4)14-13(10(8)3)12(5)15(6)16(14)7/h1-7H3/q+1. The maximum Gasteiger partial charge on any atom is 0.241 e. The smallest absolute Gasteiger partial charge is 0.160 e. The summed E-state index contributed by atoms with van der Waals surface area (Å²) in [5.41, 5.74) is 8.41. The molecule has 0 amide bonds. The molecule has 0 aliphatic carbocycles. The number of fused-ring (bicyclic) bond motifs is 1. The Labute approximate surface area is 97.5 Å². The largest absolute Gasteiger partial charge is 0.241 e. The van der Waals surface area contributed by atoms with Crippen LogP contribution in [0.5, 0.6) is 0 Å². The van der Waals surface area contributed by atoms with Gasteiger partial charge in [-0.2, -0.15) is 4.68 Å². The average Bonchev–Trinajstić information content (AvgIpc) is 2.48. The molecule has 0 aliphatic heterocycles. The fourth-order valence-electron chi connectivity index (χ4n) is 2.68. The van der Waals surface area contributed by atoms with Crippen molar-refractivity contribution in [1.29, 1.82) is 0 Å². The highest BCUT2D eigenvalue weighted by atomic mass is 15.4. The molecule has 0 unspecified atom stereocenters. The summed E-state index contributed by atoms with van der Waals surface area (Å²) in [7, 11) is 4.26. The zero-order valence-electron chi connectivity index (χ0n) is 11.4. The summed E-state index contributed by atoms with van der Waals surface area (Å²) in [6.07, 6.45) is 0. The van der Waals surface area contributed by atoms with Crippen LogP contribution in [-0.2, 0) is 14.1 Å². The first-order valence-electron chi connectivity index (χ1n) is 5.79. The van der Waals surface area contributed by atoms with E-state index < -0.39 is 0 Å². The molecule has 0 saturated heterocycles. The van der Waals surface area contributed by atoms with Crippen LogP contribution in [0.2, 0.25) is 0 Å². The molecular formula is C14H21N2+. The van der Waals surface area contributed by atoms with E-state index in [1.54, 1.807) is 0 Å². The zero-order valence-corrected chi connectivity index (χ0v) is 11.4. The summed E-state index contributed by atoms with van der Waals surface area (Å²) in [4.78, 5) is 0. The number of hydrogen-bond donors (Lipinski definition) is 0. The van der Waals surface area contributed by atoms with E-state index in [2.05, 4.69) is 58.1 Å². The highest BCUT2D eigenvalue weighted by Gasteiger charge is 2.22. The maximum atomic E-state index is 2.25. The summed E-state index contributed by atoms with van der Waals surface area (Å²) >= 11 is 0. The molecule has 2 rings (SSSR count). The number of aromatic nitrogens is 2. The Bertz CT molecular complexity index is 538. The van der Waals surface area contributed by atoms with Gasteiger partial charge in [-0.15, -0.1) is 4.68 Å². The minimum atomic E-state index is 1.35. The minimum Gasteiger partial charge on any atom is -0.160 e. The van der Waals surface area contributed by atoms with E-state index in [0.717, 1.165) is 0 Å². The molecule has 0 spiro atoms. The molecule has 1 aromatic heterocycles. The Morgan fingerprint density at radius 2 is 1.31 bits per heavy atom. The van der Waals surface area contributed by atoms with Gasteiger partial charge >= 0.3 is 0 Å². The van der Waals surface area contributed by atoms with Gasteiger partial charge in [-0.1, -0.05) is 0 Å². The lowest BCUT2D eigenvalue weighted by atomic mass is 9.94. The van der Waals surface area contributed by atoms with Crippen LogP contribution in [-0.4, -0.2) is 4.68 Å². The van der Waals surface area contributed by atoms with Gasteiger partial charge in [-0.25, -0.2) is 0 Å². The molecule has 0 N–H and O–H groups in total. The predicted octanol–water partition coefficient (Wildman–Crippen LogP) is 2.54. The molecular weight excluding hydrogens is 196 g/mol. The molecule has 1 aromatic carbocycles. The lowest BCUT2D eigenvalue weighted by Gasteiger charge is -2.08. The van der Waals surface area contributed by atoms with Gasteiger partial charge in [0.05, 0.1) is 18.1 Å². The van der Waals surface area contributed by atoms with Crippen molar-refractivity contribution < 1.29 is 4.68 Å². The van der Waals surface area contributed by atoms with Crippen molar-refractivity contribution in [2.75, 3.05) is 0 Å². The molecule has 0 radical (unpaired) electrons. The van der Waals surface area contributed by atoms with E-state index >= 15 is 0 Å². The normalized spacial score (nSPS) is 11.4. The molecule has 86 valence electrons. The third-order valence-corrected chi connectivity index (χ3v) is 4.28. The van der Waals surface area contributed by atoms with E-state index in [9.17, 15) is 0 Å². The van der Waals surface area contributed by atoms with E-state index in [0.29, 0.717) is 0 Å². The van der Waals surface area contributed by atoms with Gasteiger partial charge in [0.15, 0.2) is 7.05 Å². The van der Waals surface area contributed by atoms with Crippen molar-refractivity contribution in [2.45, 2.75) is 34.6 Å². The van der Waals surface area contributed by atoms with Crippen molar-refractivity contribution in [3.8, 4) is 0 Å². The number of benzene rings is 1. The van der Waals surface area contributed by atoms with Crippen LogP contribution in [0.3, 0.4) is 0 Å². The number of hydrogen-bond acceptors (Lipinski definition) is 0. The molecule has 2 heteroatoms. The quantitative estimate of drug-likeness (QED) is 0.600. The van der Waals surface area contributed by atoms with Gasteiger partial charge in [0, 0.05) is 5.56 Å². The number of aryl methyl sites for hydroxylation is 4. The lowest BCUT2D eigenvalue weighted by Crippen LogP contribution is -2.38. The third-order valence-electron chi connectivity index (χ3n) is 4.28. The van der Waals surface area contributed by atoms with E-state index in [1.807, 2.05) is 0 Å². The van der Waals surface area contributed by atoms with Crippen LogP contribution in [0.25, 0.3) is 10.9 Å². The van der Waals surface area contributed by atoms with Crippen LogP contribution in [0.15, 0.2) is 0 Å². The van der Waals surface area contributed by atoms with Crippen molar-refractivity contribution >= 4 is 10.9 Å². The maximum absolute atomic E-state index is 2.25. The highest BCUT2D eigenvalue weighted by Crippen LogP contribution is 2.29. The third kappa shape index (κ3) is 1.16. The Morgan fingerprint density at radius 3 is 1.88 bits per heavy atom. The second-order valence-electron chi connectivity index (χ2n) is 4.86.